The van der Waals surface area contributed by atoms with Crippen molar-refractivity contribution in [2.45, 2.75) is 39.0 Å². The highest BCUT2D eigenvalue weighted by molar-refractivity contribution is 5.81. The Hall–Kier alpha value is -1.84. The molecule has 0 saturated carbocycles. The van der Waals surface area contributed by atoms with E-state index in [0.717, 1.165) is 5.56 Å². The Bertz CT molecular complexity index is 458. The van der Waals surface area contributed by atoms with Crippen molar-refractivity contribution in [3.63, 3.8) is 0 Å². The van der Waals surface area contributed by atoms with Crippen LogP contribution in [0.5, 0.6) is 0 Å². The molecular formula is C16H23NO3. The zero-order chi connectivity index (χ0) is 15.2. The number of hydrogen-bond donors (Lipinski definition) is 1. The molecular weight excluding hydrogens is 254 g/mol. The van der Waals surface area contributed by atoms with Gasteiger partial charge in [-0.05, 0) is 23.0 Å². The van der Waals surface area contributed by atoms with E-state index in [0.29, 0.717) is 12.8 Å². The van der Waals surface area contributed by atoms with Crippen molar-refractivity contribution in [2.24, 2.45) is 0 Å². The third-order valence-electron chi connectivity index (χ3n) is 3.12. The van der Waals surface area contributed by atoms with Crippen LogP contribution in [0.4, 0.5) is 0 Å². The summed E-state index contributed by atoms with van der Waals surface area (Å²) in [7, 11) is 1.30. The summed E-state index contributed by atoms with van der Waals surface area (Å²) in [6, 6.07) is 8.30. The molecule has 1 aromatic carbocycles. The van der Waals surface area contributed by atoms with Gasteiger partial charge in [0.1, 0.15) is 6.54 Å². The molecule has 0 saturated heterocycles. The molecule has 0 aromatic heterocycles. The van der Waals surface area contributed by atoms with Crippen molar-refractivity contribution in [3.8, 4) is 0 Å². The van der Waals surface area contributed by atoms with Gasteiger partial charge in [0.05, 0.1) is 7.11 Å². The van der Waals surface area contributed by atoms with Crippen LogP contribution in [0.3, 0.4) is 0 Å². The lowest BCUT2D eigenvalue weighted by Crippen LogP contribution is -2.30. The molecule has 1 aromatic rings. The van der Waals surface area contributed by atoms with E-state index in [4.69, 9.17) is 0 Å². The minimum absolute atomic E-state index is 0.0711. The van der Waals surface area contributed by atoms with Gasteiger partial charge < -0.3 is 10.1 Å². The van der Waals surface area contributed by atoms with Crippen LogP contribution in [-0.4, -0.2) is 25.5 Å². The molecule has 0 aliphatic carbocycles. The Balaban J connectivity index is 2.42. The Kier molecular flexibility index (Phi) is 5.74. The number of aryl methyl sites for hydroxylation is 1. The van der Waals surface area contributed by atoms with Crippen molar-refractivity contribution in [2.75, 3.05) is 13.7 Å². The summed E-state index contributed by atoms with van der Waals surface area (Å²) in [6.45, 7) is 6.44. The molecule has 20 heavy (non-hydrogen) atoms. The average Bonchev–Trinajstić information content (AvgIpc) is 2.41. The molecule has 4 nitrogen and oxygen atoms in total. The number of nitrogens with one attached hydrogen (secondary N) is 1. The molecule has 0 bridgehead atoms. The van der Waals surface area contributed by atoms with E-state index in [9.17, 15) is 9.59 Å². The smallest absolute Gasteiger partial charge is 0.325 e. The molecule has 0 fully saturated rings. The van der Waals surface area contributed by atoms with Crippen LogP contribution >= 0.6 is 0 Å². The monoisotopic (exact) mass is 277 g/mol. The first kappa shape index (κ1) is 16.2. The van der Waals surface area contributed by atoms with E-state index in [1.165, 1.54) is 12.7 Å². The van der Waals surface area contributed by atoms with Crippen LogP contribution in [-0.2, 0) is 26.2 Å². The summed E-state index contributed by atoms with van der Waals surface area (Å²) in [4.78, 5) is 22.4. The summed E-state index contributed by atoms with van der Waals surface area (Å²) in [5.41, 5.74) is 2.53. The van der Waals surface area contributed by atoms with Crippen LogP contribution in [0.1, 0.15) is 38.3 Å². The minimum Gasteiger partial charge on any atom is -0.468 e. The second-order valence-electron chi connectivity index (χ2n) is 5.80. The largest absolute Gasteiger partial charge is 0.468 e. The van der Waals surface area contributed by atoms with Crippen LogP contribution in [0, 0.1) is 0 Å². The number of ether oxygens (including phenoxy) is 1. The van der Waals surface area contributed by atoms with Gasteiger partial charge in [-0.25, -0.2) is 0 Å². The van der Waals surface area contributed by atoms with Gasteiger partial charge in [-0.15, -0.1) is 0 Å². The van der Waals surface area contributed by atoms with Crippen molar-refractivity contribution in [1.82, 2.24) is 5.32 Å². The third-order valence-corrected chi connectivity index (χ3v) is 3.12. The van der Waals surface area contributed by atoms with Gasteiger partial charge in [0.2, 0.25) is 5.91 Å². The fourth-order valence-electron chi connectivity index (χ4n) is 1.76. The molecule has 0 atom stereocenters. The normalized spacial score (nSPS) is 11.0. The Morgan fingerprint density at radius 1 is 1.15 bits per heavy atom. The van der Waals surface area contributed by atoms with Crippen molar-refractivity contribution in [1.29, 1.82) is 0 Å². The summed E-state index contributed by atoms with van der Waals surface area (Å²) in [5, 5.41) is 2.53. The molecule has 0 aliphatic rings. The number of carbonyl (C=O) groups excluding carboxylic acids is 2. The molecule has 0 unspecified atom stereocenters. The second kappa shape index (κ2) is 7.08. The standard InChI is InChI=1S/C16H23NO3/c1-16(2,3)13-8-5-12(6-9-13)7-10-14(18)17-11-15(19)20-4/h5-6,8-9H,7,10-11H2,1-4H3,(H,17,18). The summed E-state index contributed by atoms with van der Waals surface area (Å²) < 4.78 is 4.45. The van der Waals surface area contributed by atoms with Crippen LogP contribution < -0.4 is 5.32 Å². The SMILES string of the molecule is COC(=O)CNC(=O)CCc1ccc(C(C)(C)C)cc1. The average molecular weight is 277 g/mol. The maximum absolute atomic E-state index is 11.5. The first-order valence-corrected chi connectivity index (χ1v) is 6.76. The second-order valence-corrected chi connectivity index (χ2v) is 5.80. The molecule has 1 rings (SSSR count). The molecule has 110 valence electrons. The number of rotatable bonds is 5. The zero-order valence-corrected chi connectivity index (χ0v) is 12.7. The first-order chi connectivity index (χ1) is 9.32. The molecule has 1 amide bonds. The maximum Gasteiger partial charge on any atom is 0.325 e. The number of methoxy groups -OCH3 is 1. The lowest BCUT2D eigenvalue weighted by atomic mass is 9.86. The quantitative estimate of drug-likeness (QED) is 0.840. The molecule has 0 heterocycles. The number of carbonyl (C=O) groups is 2. The van der Waals surface area contributed by atoms with Gasteiger partial charge >= 0.3 is 5.97 Å². The Morgan fingerprint density at radius 3 is 2.25 bits per heavy atom. The van der Waals surface area contributed by atoms with E-state index in [-0.39, 0.29) is 17.9 Å². The minimum atomic E-state index is -0.437. The molecule has 0 spiro atoms. The van der Waals surface area contributed by atoms with Gasteiger partial charge in [-0.1, -0.05) is 45.0 Å². The Morgan fingerprint density at radius 2 is 1.75 bits per heavy atom. The topological polar surface area (TPSA) is 55.4 Å². The number of esters is 1. The predicted octanol–water partition coefficient (Wildman–Crippen LogP) is 2.21. The fraction of sp³-hybridized carbons (Fsp3) is 0.500. The predicted molar refractivity (Wildman–Crippen MR) is 78.5 cm³/mol. The van der Waals surface area contributed by atoms with Gasteiger partial charge in [0.15, 0.2) is 0 Å². The summed E-state index contributed by atoms with van der Waals surface area (Å²) >= 11 is 0. The maximum atomic E-state index is 11.5. The molecule has 0 aliphatic heterocycles. The van der Waals surface area contributed by atoms with Crippen LogP contribution in [0.15, 0.2) is 24.3 Å². The van der Waals surface area contributed by atoms with Crippen molar-refractivity contribution < 1.29 is 14.3 Å². The lowest BCUT2D eigenvalue weighted by molar-refractivity contribution is -0.141. The fourth-order valence-corrected chi connectivity index (χ4v) is 1.76. The highest BCUT2D eigenvalue weighted by Crippen LogP contribution is 2.22. The van der Waals surface area contributed by atoms with Crippen LogP contribution in [0.2, 0.25) is 0 Å². The van der Waals surface area contributed by atoms with E-state index in [1.807, 2.05) is 12.1 Å². The number of benzene rings is 1. The molecule has 1 N–H and O–H groups in total. The van der Waals surface area contributed by atoms with Crippen LogP contribution in [0.25, 0.3) is 0 Å². The van der Waals surface area contributed by atoms with Crippen molar-refractivity contribution >= 4 is 11.9 Å². The highest BCUT2D eigenvalue weighted by Gasteiger charge is 2.13. The van der Waals surface area contributed by atoms with Gasteiger partial charge in [0, 0.05) is 6.42 Å². The van der Waals surface area contributed by atoms with Gasteiger partial charge in [-0.2, -0.15) is 0 Å². The van der Waals surface area contributed by atoms with Gasteiger partial charge in [0.25, 0.3) is 0 Å². The third kappa shape index (κ3) is 5.43. The van der Waals surface area contributed by atoms with E-state index in [1.54, 1.807) is 0 Å². The summed E-state index contributed by atoms with van der Waals surface area (Å²) in [5.74, 6) is -0.580. The molecule has 4 heteroatoms. The number of amides is 1. The zero-order valence-electron chi connectivity index (χ0n) is 12.7. The van der Waals surface area contributed by atoms with E-state index in [2.05, 4.69) is 43.0 Å². The summed E-state index contributed by atoms with van der Waals surface area (Å²) in [6.07, 6.45) is 1.03. The first-order valence-electron chi connectivity index (χ1n) is 6.76. The van der Waals surface area contributed by atoms with E-state index < -0.39 is 5.97 Å². The molecule has 0 radical (unpaired) electrons. The highest BCUT2D eigenvalue weighted by atomic mass is 16.5. The number of hydrogen-bond acceptors (Lipinski definition) is 3. The van der Waals surface area contributed by atoms with Gasteiger partial charge in [-0.3, -0.25) is 9.59 Å². The van der Waals surface area contributed by atoms with Crippen molar-refractivity contribution in [3.05, 3.63) is 35.4 Å². The Labute approximate surface area is 120 Å². The lowest BCUT2D eigenvalue weighted by Gasteiger charge is -2.19. The van der Waals surface area contributed by atoms with E-state index >= 15 is 0 Å².